The van der Waals surface area contributed by atoms with Crippen molar-refractivity contribution in [3.05, 3.63) is 48.6 Å². The minimum absolute atomic E-state index is 0.317. The number of benzene rings is 1. The van der Waals surface area contributed by atoms with Crippen LogP contribution >= 0.6 is 0 Å². The van der Waals surface area contributed by atoms with Gasteiger partial charge in [0.2, 0.25) is 0 Å². The lowest BCUT2D eigenvalue weighted by Gasteiger charge is -2.14. The van der Waals surface area contributed by atoms with Crippen molar-refractivity contribution in [1.29, 1.82) is 0 Å². The minimum atomic E-state index is -0.649. The van der Waals surface area contributed by atoms with E-state index >= 15 is 0 Å². The molecule has 13 heavy (non-hydrogen) atoms. The van der Waals surface area contributed by atoms with E-state index < -0.39 is 6.10 Å². The number of aliphatic hydroxyl groups is 1. The molecule has 0 aromatic heterocycles. The molecule has 2 unspecified atom stereocenters. The van der Waals surface area contributed by atoms with E-state index in [1.54, 1.807) is 6.08 Å². The van der Waals surface area contributed by atoms with Crippen molar-refractivity contribution in [1.82, 2.24) is 0 Å². The van der Waals surface area contributed by atoms with Gasteiger partial charge in [-0.2, -0.15) is 0 Å². The first-order valence-electron chi connectivity index (χ1n) is 4.11. The molecule has 0 saturated carbocycles. The molecule has 1 heteroatoms. The molecule has 0 heterocycles. The fourth-order valence-corrected chi connectivity index (χ4v) is 1.15. The summed E-state index contributed by atoms with van der Waals surface area (Å²) in [4.78, 5) is 0. The highest BCUT2D eigenvalue weighted by Gasteiger charge is 2.14. The van der Waals surface area contributed by atoms with E-state index in [-0.39, 0.29) is 5.92 Å². The van der Waals surface area contributed by atoms with Gasteiger partial charge in [0, 0.05) is 0 Å². The summed E-state index contributed by atoms with van der Waals surface area (Å²) in [5, 5.41) is 9.77. The number of aliphatic hydroxyl groups excluding tert-OH is 1. The van der Waals surface area contributed by atoms with Gasteiger partial charge in [-0.3, -0.25) is 0 Å². The van der Waals surface area contributed by atoms with Crippen LogP contribution in [0.3, 0.4) is 0 Å². The zero-order valence-electron chi connectivity index (χ0n) is 7.35. The molecule has 1 aromatic carbocycles. The molecule has 0 spiro atoms. The van der Waals surface area contributed by atoms with Crippen LogP contribution < -0.4 is 0 Å². The zero-order chi connectivity index (χ0) is 9.68. The normalized spacial score (nSPS) is 14.2. The first-order chi connectivity index (χ1) is 6.29. The van der Waals surface area contributed by atoms with Crippen molar-refractivity contribution < 1.29 is 5.11 Å². The lowest BCUT2D eigenvalue weighted by Crippen LogP contribution is -2.07. The summed E-state index contributed by atoms with van der Waals surface area (Å²) in [6.45, 7) is 3.58. The number of rotatable bonds is 3. The van der Waals surface area contributed by atoms with Crippen LogP contribution in [-0.4, -0.2) is 5.11 Å². The van der Waals surface area contributed by atoms with Crippen molar-refractivity contribution in [2.45, 2.75) is 6.10 Å². The second kappa shape index (κ2) is 4.49. The summed E-state index contributed by atoms with van der Waals surface area (Å²) in [7, 11) is 0. The molecule has 1 N–H and O–H groups in total. The van der Waals surface area contributed by atoms with Gasteiger partial charge in [0.25, 0.3) is 0 Å². The van der Waals surface area contributed by atoms with Crippen LogP contribution in [0.25, 0.3) is 0 Å². The average molecular weight is 172 g/mol. The highest BCUT2D eigenvalue weighted by atomic mass is 16.3. The molecule has 0 bridgehead atoms. The topological polar surface area (TPSA) is 20.2 Å². The Hall–Kier alpha value is -1.52. The molecule has 1 nitrogen and oxygen atoms in total. The van der Waals surface area contributed by atoms with E-state index in [4.69, 9.17) is 6.42 Å². The maximum absolute atomic E-state index is 9.77. The van der Waals surface area contributed by atoms with Gasteiger partial charge in [-0.1, -0.05) is 42.3 Å². The van der Waals surface area contributed by atoms with E-state index in [9.17, 15) is 5.11 Å². The van der Waals surface area contributed by atoms with Crippen LogP contribution in [0.4, 0.5) is 0 Å². The van der Waals surface area contributed by atoms with Crippen LogP contribution in [0.2, 0.25) is 0 Å². The molecule has 0 aliphatic heterocycles. The molecule has 0 fully saturated rings. The largest absolute Gasteiger partial charge is 0.387 e. The van der Waals surface area contributed by atoms with Gasteiger partial charge < -0.3 is 5.11 Å². The molecule has 0 saturated heterocycles. The lowest BCUT2D eigenvalue weighted by atomic mass is 9.97. The van der Waals surface area contributed by atoms with Crippen LogP contribution in [0.5, 0.6) is 0 Å². The molecular formula is C12H12O. The van der Waals surface area contributed by atoms with E-state index in [0.717, 1.165) is 5.56 Å². The van der Waals surface area contributed by atoms with Gasteiger partial charge in [-0.25, -0.2) is 0 Å². The van der Waals surface area contributed by atoms with Gasteiger partial charge in [0.05, 0.1) is 12.0 Å². The third-order valence-electron chi connectivity index (χ3n) is 1.93. The Morgan fingerprint density at radius 2 is 2.00 bits per heavy atom. The van der Waals surface area contributed by atoms with Gasteiger partial charge in [-0.15, -0.1) is 13.0 Å². The molecule has 0 aliphatic carbocycles. The van der Waals surface area contributed by atoms with Crippen molar-refractivity contribution in [3.63, 3.8) is 0 Å². The number of hydrogen-bond donors (Lipinski definition) is 1. The Kier molecular flexibility index (Phi) is 3.31. The second-order valence-electron chi connectivity index (χ2n) is 2.78. The fourth-order valence-electron chi connectivity index (χ4n) is 1.15. The molecule has 1 aromatic rings. The smallest absolute Gasteiger partial charge is 0.0962 e. The van der Waals surface area contributed by atoms with Crippen LogP contribution in [0.15, 0.2) is 43.0 Å². The molecule has 0 radical (unpaired) electrons. The number of terminal acetylenes is 1. The Labute approximate surface area is 78.7 Å². The van der Waals surface area contributed by atoms with E-state index in [0.29, 0.717) is 0 Å². The lowest BCUT2D eigenvalue weighted by molar-refractivity contribution is 0.155. The molecule has 1 rings (SSSR count). The van der Waals surface area contributed by atoms with E-state index in [1.807, 2.05) is 30.3 Å². The van der Waals surface area contributed by atoms with Gasteiger partial charge in [-0.05, 0) is 5.56 Å². The van der Waals surface area contributed by atoms with Crippen molar-refractivity contribution in [3.8, 4) is 12.3 Å². The van der Waals surface area contributed by atoms with Gasteiger partial charge in [0.15, 0.2) is 0 Å². The third kappa shape index (κ3) is 2.21. The quantitative estimate of drug-likeness (QED) is 0.547. The summed E-state index contributed by atoms with van der Waals surface area (Å²) in [5.41, 5.74) is 0.824. The Bertz CT molecular complexity index is 308. The molecular weight excluding hydrogens is 160 g/mol. The molecule has 0 amide bonds. The maximum atomic E-state index is 9.77. The summed E-state index contributed by atoms with van der Waals surface area (Å²) in [6.07, 6.45) is 6.17. The van der Waals surface area contributed by atoms with Gasteiger partial charge >= 0.3 is 0 Å². The standard InChI is InChI=1S/C12H12O/c1-3-10(4-2)12(13)11-8-6-5-7-9-11/h1,4-10,12-13H,2H2. The second-order valence-corrected chi connectivity index (χ2v) is 2.78. The summed E-state index contributed by atoms with van der Waals surface area (Å²) < 4.78 is 0. The third-order valence-corrected chi connectivity index (χ3v) is 1.93. The maximum Gasteiger partial charge on any atom is 0.0962 e. The number of hydrogen-bond acceptors (Lipinski definition) is 1. The molecule has 0 aliphatic rings. The van der Waals surface area contributed by atoms with Crippen LogP contribution in [0.1, 0.15) is 11.7 Å². The van der Waals surface area contributed by atoms with Crippen LogP contribution in [0, 0.1) is 18.3 Å². The zero-order valence-corrected chi connectivity index (χ0v) is 7.35. The SMILES string of the molecule is C#CC(C=C)C(O)c1ccccc1. The predicted octanol–water partition coefficient (Wildman–Crippen LogP) is 2.16. The highest BCUT2D eigenvalue weighted by molar-refractivity contribution is 5.22. The average Bonchev–Trinajstić information content (AvgIpc) is 2.21. The Balaban J connectivity index is 2.85. The van der Waals surface area contributed by atoms with E-state index in [2.05, 4.69) is 12.5 Å². The minimum Gasteiger partial charge on any atom is -0.387 e. The fraction of sp³-hybridized carbons (Fsp3) is 0.167. The molecule has 2 atom stereocenters. The first kappa shape index (κ1) is 9.57. The predicted molar refractivity (Wildman–Crippen MR) is 53.9 cm³/mol. The highest BCUT2D eigenvalue weighted by Crippen LogP contribution is 2.21. The Morgan fingerprint density at radius 3 is 2.46 bits per heavy atom. The van der Waals surface area contributed by atoms with Crippen LogP contribution in [-0.2, 0) is 0 Å². The Morgan fingerprint density at radius 1 is 1.38 bits per heavy atom. The summed E-state index contributed by atoms with van der Waals surface area (Å²) in [5.74, 6) is 2.16. The summed E-state index contributed by atoms with van der Waals surface area (Å²) in [6, 6.07) is 9.33. The summed E-state index contributed by atoms with van der Waals surface area (Å²) >= 11 is 0. The van der Waals surface area contributed by atoms with Crippen molar-refractivity contribution in [2.24, 2.45) is 5.92 Å². The van der Waals surface area contributed by atoms with Gasteiger partial charge in [0.1, 0.15) is 0 Å². The first-order valence-corrected chi connectivity index (χ1v) is 4.11. The molecule has 66 valence electrons. The van der Waals surface area contributed by atoms with E-state index in [1.165, 1.54) is 0 Å². The van der Waals surface area contributed by atoms with Crippen molar-refractivity contribution in [2.75, 3.05) is 0 Å². The van der Waals surface area contributed by atoms with Crippen molar-refractivity contribution >= 4 is 0 Å². The monoisotopic (exact) mass is 172 g/mol.